The van der Waals surface area contributed by atoms with Crippen LogP contribution in [0.1, 0.15) is 104 Å². The van der Waals surface area contributed by atoms with Crippen LogP contribution in [0.15, 0.2) is 11.8 Å². The van der Waals surface area contributed by atoms with Gasteiger partial charge in [0.2, 0.25) is 0 Å². The van der Waals surface area contributed by atoms with E-state index in [9.17, 15) is 9.90 Å². The number of rotatable bonds is 19. The molecule has 0 bridgehead atoms. The molecule has 0 aliphatic heterocycles. The second-order valence-electron chi connectivity index (χ2n) is 8.13. The predicted molar refractivity (Wildman–Crippen MR) is 115 cm³/mol. The van der Waals surface area contributed by atoms with Crippen molar-refractivity contribution in [1.82, 2.24) is 0 Å². The molecule has 4 heteroatoms. The SMILES string of the molecule is CCCCC/C=C(\O)C[N+](CCCCC)(CCCCC)CCCCC(=O)O. The van der Waals surface area contributed by atoms with Crippen LogP contribution in [0.25, 0.3) is 0 Å². The highest BCUT2D eigenvalue weighted by Crippen LogP contribution is 2.19. The summed E-state index contributed by atoms with van der Waals surface area (Å²) < 4.78 is 0.926. The van der Waals surface area contributed by atoms with Crippen LogP contribution in [-0.2, 0) is 4.79 Å². The van der Waals surface area contributed by atoms with Crippen LogP contribution in [0.2, 0.25) is 0 Å². The number of aliphatic hydroxyl groups excluding tert-OH is 1. The lowest BCUT2D eigenvalue weighted by atomic mass is 10.1. The Hall–Kier alpha value is -1.03. The largest absolute Gasteiger partial charge is 0.507 e. The van der Waals surface area contributed by atoms with Crippen LogP contribution in [0.4, 0.5) is 0 Å². The van der Waals surface area contributed by atoms with Crippen molar-refractivity contribution in [2.24, 2.45) is 0 Å². The molecule has 0 aromatic rings. The van der Waals surface area contributed by atoms with Gasteiger partial charge in [-0.15, -0.1) is 0 Å². The van der Waals surface area contributed by atoms with E-state index < -0.39 is 5.97 Å². The van der Waals surface area contributed by atoms with Crippen LogP contribution < -0.4 is 0 Å². The van der Waals surface area contributed by atoms with Gasteiger partial charge in [-0.2, -0.15) is 0 Å². The lowest BCUT2D eigenvalue weighted by molar-refractivity contribution is -0.925. The maximum absolute atomic E-state index is 10.8. The zero-order valence-electron chi connectivity index (χ0n) is 18.3. The van der Waals surface area contributed by atoms with E-state index in [4.69, 9.17) is 5.11 Å². The summed E-state index contributed by atoms with van der Waals surface area (Å²) in [7, 11) is 0. The zero-order chi connectivity index (χ0) is 20.4. The third kappa shape index (κ3) is 14.7. The third-order valence-electron chi connectivity index (χ3n) is 5.43. The highest BCUT2D eigenvalue weighted by atomic mass is 16.4. The lowest BCUT2D eigenvalue weighted by Crippen LogP contribution is -2.51. The van der Waals surface area contributed by atoms with Gasteiger partial charge in [0, 0.05) is 6.42 Å². The molecule has 0 heterocycles. The monoisotopic (exact) mass is 384 g/mol. The Balaban J connectivity index is 4.99. The molecular weight excluding hydrogens is 338 g/mol. The van der Waals surface area contributed by atoms with Crippen molar-refractivity contribution in [3.63, 3.8) is 0 Å². The highest BCUT2D eigenvalue weighted by Gasteiger charge is 2.27. The maximum Gasteiger partial charge on any atom is 0.303 e. The van der Waals surface area contributed by atoms with Crippen LogP contribution >= 0.6 is 0 Å². The Morgan fingerprint density at radius 3 is 1.70 bits per heavy atom. The molecular formula is C23H46NO3+. The first kappa shape index (κ1) is 26.0. The number of aliphatic carboxylic acids is 1. The topological polar surface area (TPSA) is 57.5 Å². The number of unbranched alkanes of at least 4 members (excludes halogenated alkanes) is 8. The number of quaternary nitrogens is 1. The molecule has 0 rings (SSSR count). The predicted octanol–water partition coefficient (Wildman–Crippen LogP) is 6.46. The van der Waals surface area contributed by atoms with Gasteiger partial charge in [-0.1, -0.05) is 46.5 Å². The normalized spacial score (nSPS) is 12.5. The van der Waals surface area contributed by atoms with E-state index >= 15 is 0 Å². The first-order chi connectivity index (χ1) is 13.0. The lowest BCUT2D eigenvalue weighted by Gasteiger charge is -2.39. The number of aliphatic hydroxyl groups is 1. The van der Waals surface area contributed by atoms with Gasteiger partial charge in [-0.25, -0.2) is 0 Å². The Labute approximate surface area is 168 Å². The van der Waals surface area contributed by atoms with Gasteiger partial charge in [-0.3, -0.25) is 4.79 Å². The Morgan fingerprint density at radius 1 is 0.741 bits per heavy atom. The second kappa shape index (κ2) is 17.1. The number of allylic oxidation sites excluding steroid dienone is 1. The van der Waals surface area contributed by atoms with Crippen molar-refractivity contribution in [3.8, 4) is 0 Å². The van der Waals surface area contributed by atoms with E-state index in [1.165, 1.54) is 51.4 Å². The molecule has 0 fully saturated rings. The number of carboxylic acid groups (broad SMARTS) is 1. The average Bonchev–Trinajstić information content (AvgIpc) is 2.63. The first-order valence-corrected chi connectivity index (χ1v) is 11.4. The molecule has 160 valence electrons. The van der Waals surface area contributed by atoms with E-state index in [1.54, 1.807) is 0 Å². The number of carbonyl (C=O) groups is 1. The maximum atomic E-state index is 10.8. The molecule has 2 N–H and O–H groups in total. The van der Waals surface area contributed by atoms with E-state index in [1.807, 2.05) is 6.08 Å². The van der Waals surface area contributed by atoms with Crippen LogP contribution in [0.5, 0.6) is 0 Å². The molecule has 0 aliphatic rings. The summed E-state index contributed by atoms with van der Waals surface area (Å²) in [6, 6.07) is 0. The fourth-order valence-corrected chi connectivity index (χ4v) is 3.76. The van der Waals surface area contributed by atoms with Crippen molar-refractivity contribution in [2.75, 3.05) is 26.2 Å². The molecule has 0 aliphatic carbocycles. The standard InChI is InChI=1S/C23H45NO3/c1-4-7-10-11-16-22(25)21-24(18-13-8-5-2,19-14-9-6-3)20-15-12-17-23(26)27/h16H,4-15,17-21H2,1-3H3,(H-,25,26,27)/p+1/b22-16-. The highest BCUT2D eigenvalue weighted by molar-refractivity contribution is 5.66. The van der Waals surface area contributed by atoms with E-state index in [-0.39, 0.29) is 6.42 Å². The van der Waals surface area contributed by atoms with E-state index in [0.717, 1.165) is 49.8 Å². The summed E-state index contributed by atoms with van der Waals surface area (Å²) in [4.78, 5) is 10.8. The van der Waals surface area contributed by atoms with Gasteiger partial charge in [0.25, 0.3) is 0 Å². The summed E-state index contributed by atoms with van der Waals surface area (Å²) in [6.07, 6.45) is 15.7. The molecule has 0 atom stereocenters. The second-order valence-corrected chi connectivity index (χ2v) is 8.13. The minimum atomic E-state index is -0.705. The van der Waals surface area contributed by atoms with Gasteiger partial charge in [0.1, 0.15) is 12.3 Å². The third-order valence-corrected chi connectivity index (χ3v) is 5.43. The molecule has 0 radical (unpaired) electrons. The number of hydrogen-bond acceptors (Lipinski definition) is 2. The minimum Gasteiger partial charge on any atom is -0.507 e. The minimum absolute atomic E-state index is 0.253. The quantitative estimate of drug-likeness (QED) is 0.153. The molecule has 0 saturated heterocycles. The smallest absolute Gasteiger partial charge is 0.303 e. The summed E-state index contributed by atoms with van der Waals surface area (Å²) in [5.41, 5.74) is 0. The summed E-state index contributed by atoms with van der Waals surface area (Å²) in [5.74, 6) is -0.166. The van der Waals surface area contributed by atoms with Crippen molar-refractivity contribution in [1.29, 1.82) is 0 Å². The Kier molecular flexibility index (Phi) is 16.4. The molecule has 0 amide bonds. The van der Waals surface area contributed by atoms with E-state index in [2.05, 4.69) is 20.8 Å². The molecule has 0 aromatic heterocycles. The molecule has 0 spiro atoms. The molecule has 0 aromatic carbocycles. The number of carboxylic acids is 1. The summed E-state index contributed by atoms with van der Waals surface area (Å²) in [5, 5.41) is 19.5. The average molecular weight is 385 g/mol. The van der Waals surface area contributed by atoms with Gasteiger partial charge in [-0.05, 0) is 57.4 Å². The van der Waals surface area contributed by atoms with Crippen molar-refractivity contribution >= 4 is 5.97 Å². The molecule has 0 unspecified atom stereocenters. The van der Waals surface area contributed by atoms with Crippen molar-refractivity contribution < 1.29 is 19.5 Å². The summed E-state index contributed by atoms with van der Waals surface area (Å²) in [6.45, 7) is 10.5. The Bertz CT molecular complexity index is 383. The van der Waals surface area contributed by atoms with Crippen molar-refractivity contribution in [2.45, 2.75) is 104 Å². The fraction of sp³-hybridized carbons (Fsp3) is 0.870. The molecule has 4 nitrogen and oxygen atoms in total. The zero-order valence-corrected chi connectivity index (χ0v) is 18.3. The van der Waals surface area contributed by atoms with Gasteiger partial charge >= 0.3 is 5.97 Å². The van der Waals surface area contributed by atoms with Crippen LogP contribution in [0.3, 0.4) is 0 Å². The van der Waals surface area contributed by atoms with Gasteiger partial charge in [0.15, 0.2) is 0 Å². The number of nitrogens with zero attached hydrogens (tertiary/aromatic N) is 1. The Morgan fingerprint density at radius 2 is 1.22 bits per heavy atom. The van der Waals surface area contributed by atoms with Crippen LogP contribution in [0, 0.1) is 0 Å². The fourth-order valence-electron chi connectivity index (χ4n) is 3.76. The van der Waals surface area contributed by atoms with Gasteiger partial charge in [0.05, 0.1) is 19.6 Å². The van der Waals surface area contributed by atoms with Crippen LogP contribution in [-0.4, -0.2) is 46.8 Å². The van der Waals surface area contributed by atoms with E-state index in [0.29, 0.717) is 12.3 Å². The van der Waals surface area contributed by atoms with Crippen molar-refractivity contribution in [3.05, 3.63) is 11.8 Å². The molecule has 0 saturated carbocycles. The summed E-state index contributed by atoms with van der Waals surface area (Å²) >= 11 is 0. The number of hydrogen-bond donors (Lipinski definition) is 2. The molecule has 27 heavy (non-hydrogen) atoms. The van der Waals surface area contributed by atoms with Gasteiger partial charge < -0.3 is 14.7 Å². The first-order valence-electron chi connectivity index (χ1n) is 11.4.